The van der Waals surface area contributed by atoms with Crippen molar-refractivity contribution in [3.8, 4) is 11.3 Å². The van der Waals surface area contributed by atoms with Crippen LogP contribution in [0.4, 0.5) is 4.79 Å². The molecule has 0 bridgehead atoms. The fourth-order valence-corrected chi connectivity index (χ4v) is 3.16. The first-order valence-electron chi connectivity index (χ1n) is 7.76. The van der Waals surface area contributed by atoms with Crippen LogP contribution in [0.5, 0.6) is 0 Å². The largest absolute Gasteiger partial charge is 0.351 e. The lowest BCUT2D eigenvalue weighted by Gasteiger charge is -2.16. The monoisotopic (exact) mass is 346 g/mol. The van der Waals surface area contributed by atoms with Gasteiger partial charge in [-0.2, -0.15) is 0 Å². The van der Waals surface area contributed by atoms with Crippen LogP contribution in [0.1, 0.15) is 20.8 Å². The van der Waals surface area contributed by atoms with E-state index in [2.05, 4.69) is 28.7 Å². The first-order valence-corrected chi connectivity index (χ1v) is 8.64. The number of nitrogens with two attached hydrogens (primary N) is 1. The molecule has 2 aromatic rings. The van der Waals surface area contributed by atoms with E-state index in [-0.39, 0.29) is 0 Å². The maximum Gasteiger partial charge on any atom is 0.318 e. The molecule has 1 aromatic heterocycles. The molecule has 128 valence electrons. The van der Waals surface area contributed by atoms with Gasteiger partial charge in [0.15, 0.2) is 5.16 Å². The minimum absolute atomic E-state index is 0.423. The van der Waals surface area contributed by atoms with E-state index in [1.807, 2.05) is 36.5 Å². The lowest BCUT2D eigenvalue weighted by Crippen LogP contribution is -2.39. The van der Waals surface area contributed by atoms with Crippen molar-refractivity contribution < 1.29 is 9.59 Å². The van der Waals surface area contributed by atoms with Gasteiger partial charge in [0, 0.05) is 6.54 Å². The number of urea groups is 1. The highest BCUT2D eigenvalue weighted by atomic mass is 32.2. The van der Waals surface area contributed by atoms with Crippen LogP contribution in [-0.4, -0.2) is 26.7 Å². The number of hydrogen-bond acceptors (Lipinski definition) is 4. The Morgan fingerprint density at radius 1 is 1.25 bits per heavy atom. The average Bonchev–Trinajstić information content (AvgIpc) is 2.89. The number of hydrogen-bond donors (Lipinski definition) is 2. The molecule has 6 nitrogen and oxygen atoms in total. The van der Waals surface area contributed by atoms with Gasteiger partial charge < -0.3 is 10.3 Å². The van der Waals surface area contributed by atoms with E-state index in [9.17, 15) is 9.59 Å². The molecule has 3 N–H and O–H groups in total. The van der Waals surface area contributed by atoms with E-state index in [4.69, 9.17) is 5.73 Å². The number of carbonyl (C=O) groups excluding carboxylic acids is 2. The number of rotatable bonds is 6. The summed E-state index contributed by atoms with van der Waals surface area (Å²) in [6.07, 6.45) is 1.82. The third kappa shape index (κ3) is 4.61. The molecule has 0 aliphatic carbocycles. The molecular weight excluding hydrogens is 324 g/mol. The van der Waals surface area contributed by atoms with E-state index in [1.165, 1.54) is 11.8 Å². The lowest BCUT2D eigenvalue weighted by molar-refractivity contribution is -0.119. The van der Waals surface area contributed by atoms with Crippen LogP contribution in [0.3, 0.4) is 0 Å². The van der Waals surface area contributed by atoms with Crippen molar-refractivity contribution >= 4 is 23.7 Å². The molecule has 0 radical (unpaired) electrons. The highest BCUT2D eigenvalue weighted by Crippen LogP contribution is 2.29. The van der Waals surface area contributed by atoms with Crippen molar-refractivity contribution in [2.24, 2.45) is 11.7 Å². The van der Waals surface area contributed by atoms with E-state index >= 15 is 0 Å². The summed E-state index contributed by atoms with van der Waals surface area (Å²) in [5.41, 5.74) is 7.08. The zero-order valence-electron chi connectivity index (χ0n) is 14.0. The van der Waals surface area contributed by atoms with Gasteiger partial charge in [0.2, 0.25) is 5.91 Å². The van der Waals surface area contributed by atoms with Crippen LogP contribution in [-0.2, 0) is 11.3 Å². The highest BCUT2D eigenvalue weighted by Gasteiger charge is 2.20. The second-order valence-electron chi connectivity index (χ2n) is 5.91. The van der Waals surface area contributed by atoms with Gasteiger partial charge in [-0.1, -0.05) is 55.9 Å². The molecule has 0 aliphatic rings. The number of thioether (sulfide) groups is 1. The Kier molecular flexibility index (Phi) is 6.03. The minimum atomic E-state index is -0.844. The summed E-state index contributed by atoms with van der Waals surface area (Å²) >= 11 is 1.31. The predicted octanol–water partition coefficient (Wildman–Crippen LogP) is 2.88. The molecule has 24 heavy (non-hydrogen) atoms. The molecule has 1 aromatic carbocycles. The summed E-state index contributed by atoms with van der Waals surface area (Å²) < 4.78 is 2.11. The molecule has 7 heteroatoms. The summed E-state index contributed by atoms with van der Waals surface area (Å²) in [4.78, 5) is 27.2. The summed E-state index contributed by atoms with van der Waals surface area (Å²) in [5.74, 6) is 0.00335. The van der Waals surface area contributed by atoms with Gasteiger partial charge in [0.25, 0.3) is 0 Å². The Morgan fingerprint density at radius 3 is 2.50 bits per heavy atom. The molecule has 0 saturated heterocycles. The van der Waals surface area contributed by atoms with E-state index in [0.717, 1.165) is 23.0 Å². The Morgan fingerprint density at radius 2 is 1.92 bits per heavy atom. The number of benzene rings is 1. The van der Waals surface area contributed by atoms with Crippen molar-refractivity contribution in [1.82, 2.24) is 14.9 Å². The summed E-state index contributed by atoms with van der Waals surface area (Å²) in [5, 5.41) is 2.37. The molecule has 2 rings (SSSR count). The van der Waals surface area contributed by atoms with E-state index < -0.39 is 17.2 Å². The van der Waals surface area contributed by atoms with Gasteiger partial charge in [-0.15, -0.1) is 0 Å². The second-order valence-corrected chi connectivity index (χ2v) is 7.22. The maximum atomic E-state index is 11.9. The number of amides is 3. The van der Waals surface area contributed by atoms with Crippen molar-refractivity contribution in [3.63, 3.8) is 0 Å². The third-order valence-corrected chi connectivity index (χ3v) is 4.44. The average molecular weight is 346 g/mol. The first kappa shape index (κ1) is 18.1. The van der Waals surface area contributed by atoms with Gasteiger partial charge in [-0.3, -0.25) is 10.1 Å². The Bertz CT molecular complexity index is 713. The van der Waals surface area contributed by atoms with Gasteiger partial charge in [0.1, 0.15) is 0 Å². The fourth-order valence-electron chi connectivity index (χ4n) is 2.27. The van der Waals surface area contributed by atoms with Crippen molar-refractivity contribution in [2.45, 2.75) is 37.7 Å². The number of imide groups is 1. The first-order chi connectivity index (χ1) is 11.4. The number of aromatic nitrogens is 2. The summed E-state index contributed by atoms with van der Waals surface area (Å²) in [6, 6.07) is 9.16. The normalized spacial score (nSPS) is 12.2. The molecule has 1 heterocycles. The van der Waals surface area contributed by atoms with Crippen LogP contribution < -0.4 is 11.1 Å². The standard InChI is InChI=1S/C17H22N4O2S/c1-11(2)10-21-14(13-7-5-4-6-8-13)9-19-17(21)24-12(3)15(22)20-16(18)23/h4-9,11-12H,10H2,1-3H3,(H3,18,20,22,23)/t12-/m0/s1. The van der Waals surface area contributed by atoms with Crippen LogP contribution >= 0.6 is 11.8 Å². The number of carbonyl (C=O) groups is 2. The number of nitrogens with zero attached hydrogens (tertiary/aromatic N) is 2. The quantitative estimate of drug-likeness (QED) is 0.787. The van der Waals surface area contributed by atoms with E-state index in [0.29, 0.717) is 5.92 Å². The molecule has 3 amide bonds. The van der Waals surface area contributed by atoms with Gasteiger partial charge in [-0.25, -0.2) is 9.78 Å². The van der Waals surface area contributed by atoms with Gasteiger partial charge in [0.05, 0.1) is 17.1 Å². The zero-order valence-corrected chi connectivity index (χ0v) is 14.8. The van der Waals surface area contributed by atoms with Crippen LogP contribution in [0.2, 0.25) is 0 Å². The number of nitrogens with one attached hydrogen (secondary N) is 1. The zero-order chi connectivity index (χ0) is 17.7. The van der Waals surface area contributed by atoms with Crippen LogP contribution in [0.25, 0.3) is 11.3 Å². The molecular formula is C17H22N4O2S. The predicted molar refractivity (Wildman–Crippen MR) is 95.5 cm³/mol. The molecule has 0 spiro atoms. The van der Waals surface area contributed by atoms with Crippen molar-refractivity contribution in [2.75, 3.05) is 0 Å². The molecule has 0 unspecified atom stereocenters. The SMILES string of the molecule is CC(C)Cn1c(-c2ccccc2)cnc1S[C@@H](C)C(=O)NC(N)=O. The molecule has 0 aliphatic heterocycles. The molecule has 1 atom stereocenters. The van der Waals surface area contributed by atoms with Crippen LogP contribution in [0, 0.1) is 5.92 Å². The van der Waals surface area contributed by atoms with Gasteiger partial charge >= 0.3 is 6.03 Å². The summed E-state index contributed by atoms with van der Waals surface area (Å²) in [6.45, 7) is 6.77. The minimum Gasteiger partial charge on any atom is -0.351 e. The Hall–Kier alpha value is -2.28. The van der Waals surface area contributed by atoms with Crippen molar-refractivity contribution in [3.05, 3.63) is 36.5 Å². The van der Waals surface area contributed by atoms with Crippen molar-refractivity contribution in [1.29, 1.82) is 0 Å². The number of primary amides is 1. The molecule has 0 saturated carbocycles. The Balaban J connectivity index is 2.28. The topological polar surface area (TPSA) is 90.0 Å². The van der Waals surface area contributed by atoms with Gasteiger partial charge in [-0.05, 0) is 18.4 Å². The maximum absolute atomic E-state index is 11.9. The van der Waals surface area contributed by atoms with E-state index in [1.54, 1.807) is 6.92 Å². The fraction of sp³-hybridized carbons (Fsp3) is 0.353. The second kappa shape index (κ2) is 8.01. The smallest absolute Gasteiger partial charge is 0.318 e. The Labute approximate surface area is 145 Å². The molecule has 0 fully saturated rings. The number of imidazole rings is 1. The highest BCUT2D eigenvalue weighted by molar-refractivity contribution is 8.00. The lowest BCUT2D eigenvalue weighted by atomic mass is 10.1. The third-order valence-electron chi connectivity index (χ3n) is 3.33. The van der Waals surface area contributed by atoms with Crippen LogP contribution in [0.15, 0.2) is 41.7 Å². The summed E-state index contributed by atoms with van der Waals surface area (Å²) in [7, 11) is 0.